The first-order valence-corrected chi connectivity index (χ1v) is 2.81. The standard InChI is InChI=1S/C4H12BO2.Na/c1-3-6-5-7-4-2;/h3-5H2,1-2H3;/q-1;+1. The van der Waals surface area contributed by atoms with E-state index in [1.54, 1.807) is 0 Å². The first kappa shape index (κ1) is 11.7. The van der Waals surface area contributed by atoms with Gasteiger partial charge in [0.05, 0.1) is 0 Å². The summed E-state index contributed by atoms with van der Waals surface area (Å²) in [6, 6.07) is 0. The zero-order valence-electron chi connectivity index (χ0n) is 6.23. The van der Waals surface area contributed by atoms with Gasteiger partial charge in [-0.2, -0.15) is 0 Å². The summed E-state index contributed by atoms with van der Waals surface area (Å²) in [5.41, 5.74) is 0. The van der Waals surface area contributed by atoms with Crippen molar-refractivity contribution in [1.82, 2.24) is 0 Å². The Morgan fingerprint density at radius 1 is 1.12 bits per heavy atom. The van der Waals surface area contributed by atoms with Gasteiger partial charge in [-0.3, -0.25) is 0 Å². The molecular formula is C4H12BNaO2. The van der Waals surface area contributed by atoms with E-state index in [0.29, 0.717) is 0 Å². The van der Waals surface area contributed by atoms with Crippen molar-refractivity contribution in [1.29, 1.82) is 0 Å². The average Bonchev–Trinajstić information content (AvgIpc) is 1.69. The molecule has 0 rings (SSSR count). The van der Waals surface area contributed by atoms with Crippen LogP contribution in [0.1, 0.15) is 13.8 Å². The summed E-state index contributed by atoms with van der Waals surface area (Å²) in [4.78, 5) is 0. The van der Waals surface area contributed by atoms with Crippen LogP contribution in [0.2, 0.25) is 0 Å². The Labute approximate surface area is 73.5 Å². The maximum atomic E-state index is 4.98. The van der Waals surface area contributed by atoms with E-state index in [2.05, 4.69) is 0 Å². The van der Waals surface area contributed by atoms with Gasteiger partial charge in [0.1, 0.15) is 0 Å². The fraction of sp³-hybridized carbons (Fsp3) is 1.00. The van der Waals surface area contributed by atoms with Crippen molar-refractivity contribution in [2.24, 2.45) is 0 Å². The largest absolute Gasteiger partial charge is 1.00 e. The molecule has 8 heavy (non-hydrogen) atoms. The predicted molar refractivity (Wildman–Crippen MR) is 31.8 cm³/mol. The molecule has 0 bridgehead atoms. The van der Waals surface area contributed by atoms with Crippen LogP contribution in [-0.4, -0.2) is 20.9 Å². The third-order valence-electron chi connectivity index (χ3n) is 0.813. The van der Waals surface area contributed by atoms with E-state index in [-0.39, 0.29) is 29.6 Å². The second-order valence-electron chi connectivity index (χ2n) is 1.32. The van der Waals surface area contributed by atoms with Crippen molar-refractivity contribution in [3.05, 3.63) is 0 Å². The Morgan fingerprint density at radius 2 is 1.50 bits per heavy atom. The molecule has 0 spiro atoms. The second kappa shape index (κ2) is 10.9. The van der Waals surface area contributed by atoms with Gasteiger partial charge >= 0.3 is 29.6 Å². The van der Waals surface area contributed by atoms with Crippen molar-refractivity contribution in [3.8, 4) is 0 Å². The molecule has 44 valence electrons. The van der Waals surface area contributed by atoms with E-state index in [1.165, 1.54) is 0 Å². The van der Waals surface area contributed by atoms with Gasteiger partial charge in [-0.05, 0) is 27.1 Å². The van der Waals surface area contributed by atoms with Crippen molar-refractivity contribution in [3.63, 3.8) is 0 Å². The van der Waals surface area contributed by atoms with Crippen LogP contribution < -0.4 is 29.6 Å². The van der Waals surface area contributed by atoms with Crippen LogP contribution >= 0.6 is 0 Å². The van der Waals surface area contributed by atoms with Crippen LogP contribution in [0.25, 0.3) is 0 Å². The van der Waals surface area contributed by atoms with Gasteiger partial charge in [0.15, 0.2) is 0 Å². The van der Waals surface area contributed by atoms with Crippen molar-refractivity contribution < 1.29 is 38.9 Å². The van der Waals surface area contributed by atoms with Crippen LogP contribution in [-0.2, 0) is 9.31 Å². The van der Waals surface area contributed by atoms with E-state index >= 15 is 0 Å². The van der Waals surface area contributed by atoms with Crippen LogP contribution in [0, 0.1) is 0 Å². The minimum absolute atomic E-state index is 0. The van der Waals surface area contributed by atoms with Gasteiger partial charge in [0, 0.05) is 0 Å². The third-order valence-corrected chi connectivity index (χ3v) is 0.813. The van der Waals surface area contributed by atoms with Crippen molar-refractivity contribution >= 4 is 7.69 Å². The summed E-state index contributed by atoms with van der Waals surface area (Å²) in [7, 11) is -0.486. The monoisotopic (exact) mass is 126 g/mol. The predicted octanol–water partition coefficient (Wildman–Crippen LogP) is -2.94. The Bertz CT molecular complexity index is 33.2. The molecule has 0 fully saturated rings. The first-order chi connectivity index (χ1) is 3.41. The van der Waals surface area contributed by atoms with E-state index in [1.807, 2.05) is 13.8 Å². The zero-order valence-corrected chi connectivity index (χ0v) is 8.23. The van der Waals surface area contributed by atoms with E-state index in [9.17, 15) is 0 Å². The molecule has 0 atom stereocenters. The molecule has 0 heterocycles. The van der Waals surface area contributed by atoms with Gasteiger partial charge in [0.2, 0.25) is 7.69 Å². The van der Waals surface area contributed by atoms with E-state index < -0.39 is 7.69 Å². The molecule has 0 amide bonds. The smallest absolute Gasteiger partial charge is 0.573 e. The molecule has 0 saturated carbocycles. The molecule has 0 N–H and O–H groups in total. The molecule has 0 aliphatic heterocycles. The summed E-state index contributed by atoms with van der Waals surface area (Å²) in [5.74, 6) is 0. The fourth-order valence-electron chi connectivity index (χ4n) is 0.319. The summed E-state index contributed by atoms with van der Waals surface area (Å²) < 4.78 is 9.95. The van der Waals surface area contributed by atoms with E-state index in [4.69, 9.17) is 9.31 Å². The SMILES string of the molecule is CCO[BH2-]OCC.[Na+]. The molecule has 0 unspecified atom stereocenters. The Hall–Kier alpha value is 0.985. The molecule has 0 aromatic heterocycles. The minimum Gasteiger partial charge on any atom is -0.573 e. The Morgan fingerprint density at radius 3 is 1.75 bits per heavy atom. The summed E-state index contributed by atoms with van der Waals surface area (Å²) in [6.45, 7) is 5.53. The normalized spacial score (nSPS) is 8.25. The van der Waals surface area contributed by atoms with Gasteiger partial charge < -0.3 is 9.31 Å². The molecule has 0 aliphatic carbocycles. The molecule has 0 aromatic rings. The van der Waals surface area contributed by atoms with E-state index in [0.717, 1.165) is 13.2 Å². The molecule has 2 nitrogen and oxygen atoms in total. The quantitative estimate of drug-likeness (QED) is 0.296. The molecule has 4 heteroatoms. The average molecular weight is 126 g/mol. The van der Waals surface area contributed by atoms with Crippen LogP contribution in [0.4, 0.5) is 0 Å². The van der Waals surface area contributed by atoms with Crippen molar-refractivity contribution in [2.45, 2.75) is 13.8 Å². The van der Waals surface area contributed by atoms with Gasteiger partial charge in [-0.25, -0.2) is 0 Å². The Balaban J connectivity index is 0. The molecule has 0 aliphatic rings. The van der Waals surface area contributed by atoms with Crippen LogP contribution in [0.5, 0.6) is 0 Å². The topological polar surface area (TPSA) is 18.5 Å². The summed E-state index contributed by atoms with van der Waals surface area (Å²) in [5, 5.41) is 0. The molecule has 0 radical (unpaired) electrons. The molecular weight excluding hydrogens is 114 g/mol. The first-order valence-electron chi connectivity index (χ1n) is 2.81. The van der Waals surface area contributed by atoms with Gasteiger partial charge in [-0.15, -0.1) is 0 Å². The molecule has 0 saturated heterocycles. The maximum Gasteiger partial charge on any atom is 1.00 e. The van der Waals surface area contributed by atoms with Crippen molar-refractivity contribution in [2.75, 3.05) is 13.2 Å². The molecule has 0 aromatic carbocycles. The maximum absolute atomic E-state index is 4.98. The number of hydrogen-bond donors (Lipinski definition) is 0. The summed E-state index contributed by atoms with van der Waals surface area (Å²) in [6.07, 6.45) is 0. The fourth-order valence-corrected chi connectivity index (χ4v) is 0.319. The zero-order chi connectivity index (χ0) is 5.54. The number of hydrogen-bond acceptors (Lipinski definition) is 2. The Kier molecular flexibility index (Phi) is 16.0. The van der Waals surface area contributed by atoms with Crippen LogP contribution in [0.15, 0.2) is 0 Å². The minimum atomic E-state index is -0.486. The van der Waals surface area contributed by atoms with Gasteiger partial charge in [-0.1, -0.05) is 0 Å². The number of rotatable bonds is 4. The summed E-state index contributed by atoms with van der Waals surface area (Å²) >= 11 is 0. The second-order valence-corrected chi connectivity index (χ2v) is 1.32. The van der Waals surface area contributed by atoms with Crippen LogP contribution in [0.3, 0.4) is 0 Å². The third kappa shape index (κ3) is 10.1. The van der Waals surface area contributed by atoms with Gasteiger partial charge in [0.25, 0.3) is 0 Å².